The Kier molecular flexibility index (Phi) is 6.96. The van der Waals surface area contributed by atoms with E-state index in [2.05, 4.69) is 10.6 Å². The molecule has 0 aliphatic carbocycles. The van der Waals surface area contributed by atoms with Crippen molar-refractivity contribution in [3.8, 4) is 0 Å². The van der Waals surface area contributed by atoms with Gasteiger partial charge in [0.05, 0.1) is 0 Å². The van der Waals surface area contributed by atoms with Gasteiger partial charge in [-0.15, -0.1) is 12.4 Å². The van der Waals surface area contributed by atoms with Gasteiger partial charge in [0.25, 0.3) is 0 Å². The summed E-state index contributed by atoms with van der Waals surface area (Å²) in [6, 6.07) is 6.84. The molecule has 1 aliphatic heterocycles. The number of hydrogen-bond acceptors (Lipinski definition) is 2. The zero-order valence-corrected chi connectivity index (χ0v) is 12.5. The lowest BCUT2D eigenvalue weighted by atomic mass is 10.0. The molecule has 1 saturated heterocycles. The Morgan fingerprint density at radius 3 is 3.00 bits per heavy atom. The highest BCUT2D eigenvalue weighted by atomic mass is 35.5. The average Bonchev–Trinajstić information content (AvgIpc) is 2.89. The molecule has 1 aromatic rings. The van der Waals surface area contributed by atoms with Crippen molar-refractivity contribution in [2.45, 2.75) is 32.2 Å². The minimum absolute atomic E-state index is 0. The highest BCUT2D eigenvalue weighted by Gasteiger charge is 2.17. The minimum Gasteiger partial charge on any atom is -0.354 e. The van der Waals surface area contributed by atoms with E-state index >= 15 is 0 Å². The van der Waals surface area contributed by atoms with Crippen LogP contribution >= 0.6 is 12.4 Å². The summed E-state index contributed by atoms with van der Waals surface area (Å²) in [6.07, 6.45) is 2.87. The molecule has 0 spiro atoms. The molecule has 1 fully saturated rings. The highest BCUT2D eigenvalue weighted by Crippen LogP contribution is 2.11. The number of nitrogens with one attached hydrogen (secondary N) is 2. The lowest BCUT2D eigenvalue weighted by molar-refractivity contribution is -0.124. The average molecular weight is 301 g/mol. The first kappa shape index (κ1) is 16.9. The molecule has 3 nitrogen and oxygen atoms in total. The molecule has 20 heavy (non-hydrogen) atoms. The first-order valence-electron chi connectivity index (χ1n) is 6.90. The smallest absolute Gasteiger partial charge is 0.223 e. The SMILES string of the molecule is CC(Cc1cccc(F)c1)C(=O)NCC1CCCN1.Cl. The summed E-state index contributed by atoms with van der Waals surface area (Å²) in [5.74, 6) is -0.346. The molecule has 1 aliphatic rings. The largest absolute Gasteiger partial charge is 0.354 e. The van der Waals surface area contributed by atoms with E-state index in [1.165, 1.54) is 18.6 Å². The summed E-state index contributed by atoms with van der Waals surface area (Å²) < 4.78 is 13.1. The molecule has 1 aromatic carbocycles. The van der Waals surface area contributed by atoms with Crippen LogP contribution in [0.3, 0.4) is 0 Å². The van der Waals surface area contributed by atoms with E-state index in [-0.39, 0.29) is 30.0 Å². The van der Waals surface area contributed by atoms with Crippen LogP contribution in [-0.2, 0) is 11.2 Å². The number of carbonyl (C=O) groups excluding carboxylic acids is 1. The van der Waals surface area contributed by atoms with Gasteiger partial charge >= 0.3 is 0 Å². The Morgan fingerprint density at radius 1 is 1.55 bits per heavy atom. The number of hydrogen-bond donors (Lipinski definition) is 2. The maximum Gasteiger partial charge on any atom is 0.223 e. The van der Waals surface area contributed by atoms with Crippen molar-refractivity contribution in [3.63, 3.8) is 0 Å². The topological polar surface area (TPSA) is 41.1 Å². The van der Waals surface area contributed by atoms with Crippen molar-refractivity contribution in [3.05, 3.63) is 35.6 Å². The van der Waals surface area contributed by atoms with E-state index in [1.54, 1.807) is 6.07 Å². The molecule has 0 aromatic heterocycles. The van der Waals surface area contributed by atoms with Crippen molar-refractivity contribution in [2.24, 2.45) is 5.92 Å². The summed E-state index contributed by atoms with van der Waals surface area (Å²) >= 11 is 0. The van der Waals surface area contributed by atoms with Gasteiger partial charge < -0.3 is 10.6 Å². The molecule has 1 heterocycles. The predicted molar refractivity (Wildman–Crippen MR) is 80.6 cm³/mol. The molecular formula is C15H22ClFN2O. The van der Waals surface area contributed by atoms with E-state index in [1.807, 2.05) is 13.0 Å². The first-order valence-corrected chi connectivity index (χ1v) is 6.90. The second-order valence-corrected chi connectivity index (χ2v) is 5.27. The molecule has 1 amide bonds. The van der Waals surface area contributed by atoms with E-state index in [4.69, 9.17) is 0 Å². The number of amides is 1. The van der Waals surface area contributed by atoms with Crippen LogP contribution in [0.15, 0.2) is 24.3 Å². The molecule has 2 rings (SSSR count). The zero-order chi connectivity index (χ0) is 13.7. The third kappa shape index (κ3) is 5.10. The molecule has 0 bridgehead atoms. The normalized spacial score (nSPS) is 19.2. The van der Waals surface area contributed by atoms with Crippen LogP contribution in [0, 0.1) is 11.7 Å². The Labute approximate surface area is 125 Å². The fourth-order valence-corrected chi connectivity index (χ4v) is 2.44. The molecule has 2 unspecified atom stereocenters. The molecule has 2 N–H and O–H groups in total. The van der Waals surface area contributed by atoms with E-state index in [9.17, 15) is 9.18 Å². The van der Waals surface area contributed by atoms with Gasteiger partial charge in [0.2, 0.25) is 5.91 Å². The van der Waals surface area contributed by atoms with Crippen LogP contribution in [0.2, 0.25) is 0 Å². The molecule has 0 radical (unpaired) electrons. The number of benzene rings is 1. The quantitative estimate of drug-likeness (QED) is 0.876. The number of carbonyl (C=O) groups is 1. The lowest BCUT2D eigenvalue weighted by Gasteiger charge is -2.15. The van der Waals surface area contributed by atoms with Crippen LogP contribution in [0.5, 0.6) is 0 Å². The van der Waals surface area contributed by atoms with Gasteiger partial charge in [0.1, 0.15) is 5.82 Å². The van der Waals surface area contributed by atoms with Crippen molar-refractivity contribution < 1.29 is 9.18 Å². The van der Waals surface area contributed by atoms with Gasteiger partial charge in [0.15, 0.2) is 0 Å². The summed E-state index contributed by atoms with van der Waals surface area (Å²) in [5, 5.41) is 6.31. The molecule has 5 heteroatoms. The maximum atomic E-state index is 13.1. The highest BCUT2D eigenvalue weighted by molar-refractivity contribution is 5.85. The molecule has 0 saturated carbocycles. The van der Waals surface area contributed by atoms with E-state index in [0.29, 0.717) is 19.0 Å². The summed E-state index contributed by atoms with van der Waals surface area (Å²) in [5.41, 5.74) is 0.863. The minimum atomic E-state index is -0.250. The van der Waals surface area contributed by atoms with Crippen molar-refractivity contribution >= 4 is 18.3 Å². The Morgan fingerprint density at radius 2 is 2.35 bits per heavy atom. The van der Waals surface area contributed by atoms with Gasteiger partial charge in [0, 0.05) is 18.5 Å². The Balaban J connectivity index is 0.00000200. The third-order valence-corrected chi connectivity index (χ3v) is 3.56. The second-order valence-electron chi connectivity index (χ2n) is 5.27. The van der Waals surface area contributed by atoms with Crippen molar-refractivity contribution in [1.29, 1.82) is 0 Å². The Bertz CT molecular complexity index is 436. The van der Waals surface area contributed by atoms with Crippen molar-refractivity contribution in [1.82, 2.24) is 10.6 Å². The maximum absolute atomic E-state index is 13.1. The van der Waals surface area contributed by atoms with Gasteiger partial charge in [-0.1, -0.05) is 19.1 Å². The lowest BCUT2D eigenvalue weighted by Crippen LogP contribution is -2.39. The van der Waals surface area contributed by atoms with Gasteiger partial charge in [-0.25, -0.2) is 4.39 Å². The fraction of sp³-hybridized carbons (Fsp3) is 0.533. The summed E-state index contributed by atoms with van der Waals surface area (Å²) in [6.45, 7) is 3.61. The monoisotopic (exact) mass is 300 g/mol. The van der Waals surface area contributed by atoms with E-state index < -0.39 is 0 Å². The van der Waals surface area contributed by atoms with Gasteiger partial charge in [-0.3, -0.25) is 4.79 Å². The van der Waals surface area contributed by atoms with Gasteiger partial charge in [-0.2, -0.15) is 0 Å². The van der Waals surface area contributed by atoms with E-state index in [0.717, 1.165) is 18.5 Å². The van der Waals surface area contributed by atoms with Gasteiger partial charge in [-0.05, 0) is 43.5 Å². The summed E-state index contributed by atoms with van der Waals surface area (Å²) in [4.78, 5) is 12.0. The third-order valence-electron chi connectivity index (χ3n) is 3.56. The van der Waals surface area contributed by atoms with Crippen LogP contribution in [0.1, 0.15) is 25.3 Å². The van der Waals surface area contributed by atoms with Crippen LogP contribution in [0.25, 0.3) is 0 Å². The summed E-state index contributed by atoms with van der Waals surface area (Å²) in [7, 11) is 0. The predicted octanol–water partition coefficient (Wildman–Crippen LogP) is 2.29. The van der Waals surface area contributed by atoms with Crippen LogP contribution in [0.4, 0.5) is 4.39 Å². The second kappa shape index (κ2) is 8.22. The zero-order valence-electron chi connectivity index (χ0n) is 11.7. The number of rotatable bonds is 5. The fourth-order valence-electron chi connectivity index (χ4n) is 2.44. The van der Waals surface area contributed by atoms with Crippen LogP contribution in [-0.4, -0.2) is 25.0 Å². The molecule has 2 atom stereocenters. The Hall–Kier alpha value is -1.13. The first-order chi connectivity index (χ1) is 9.15. The molecule has 112 valence electrons. The number of halogens is 2. The van der Waals surface area contributed by atoms with Crippen LogP contribution < -0.4 is 10.6 Å². The molecular weight excluding hydrogens is 279 g/mol. The van der Waals surface area contributed by atoms with Crippen molar-refractivity contribution in [2.75, 3.05) is 13.1 Å². The standard InChI is InChI=1S/C15H21FN2O.ClH/c1-11(8-12-4-2-5-13(16)9-12)15(19)18-10-14-6-3-7-17-14;/h2,4-5,9,11,14,17H,3,6-8,10H2,1H3,(H,18,19);1H.